The lowest BCUT2D eigenvalue weighted by Gasteiger charge is -2.09. The van der Waals surface area contributed by atoms with Gasteiger partial charge in [0.05, 0.1) is 41.7 Å². The second kappa shape index (κ2) is 10.5. The Morgan fingerprint density at radius 2 is 1.49 bits per heavy atom. The molecule has 3 amide bonds. The predicted octanol–water partition coefficient (Wildman–Crippen LogP) is 4.57. The Morgan fingerprint density at radius 3 is 2.23 bits per heavy atom. The lowest BCUT2D eigenvalue weighted by atomic mass is 10.1. The molecule has 0 unspecified atom stereocenters. The molecule has 0 aliphatic carbocycles. The molecule has 0 bridgehead atoms. The van der Waals surface area contributed by atoms with Crippen molar-refractivity contribution < 1.29 is 9.59 Å². The number of nitriles is 2. The summed E-state index contributed by atoms with van der Waals surface area (Å²) in [6.07, 6.45) is 3.22. The number of benzene rings is 3. The molecule has 0 spiro atoms. The third kappa shape index (κ3) is 6.09. The van der Waals surface area contributed by atoms with Crippen LogP contribution in [0.15, 0.2) is 85.2 Å². The number of hydrogen-bond acceptors (Lipinski definition) is 5. The minimum atomic E-state index is -0.484. The van der Waals surface area contributed by atoms with E-state index in [1.807, 2.05) is 18.2 Å². The van der Waals surface area contributed by atoms with E-state index in [4.69, 9.17) is 10.5 Å². The quantitative estimate of drug-likeness (QED) is 0.386. The van der Waals surface area contributed by atoms with Crippen LogP contribution in [-0.4, -0.2) is 21.7 Å². The second-order valence-electron chi connectivity index (χ2n) is 7.54. The number of urea groups is 1. The average Bonchev–Trinajstić information content (AvgIpc) is 3.31. The number of hydrogen-bond donors (Lipinski definition) is 3. The highest BCUT2D eigenvalue weighted by Crippen LogP contribution is 2.16. The van der Waals surface area contributed by atoms with Gasteiger partial charge in [-0.1, -0.05) is 24.3 Å². The van der Waals surface area contributed by atoms with E-state index in [1.165, 1.54) is 6.20 Å². The fourth-order valence-corrected chi connectivity index (χ4v) is 3.29. The first kappa shape index (κ1) is 22.8. The van der Waals surface area contributed by atoms with E-state index in [0.717, 1.165) is 5.56 Å². The number of carbonyl (C=O) groups excluding carboxylic acids is 2. The van der Waals surface area contributed by atoms with Crippen LogP contribution in [0.25, 0.3) is 0 Å². The maximum Gasteiger partial charge on any atom is 0.323 e. The molecule has 170 valence electrons. The van der Waals surface area contributed by atoms with Gasteiger partial charge in [0.25, 0.3) is 5.91 Å². The molecule has 3 aromatic carbocycles. The highest BCUT2D eigenvalue weighted by molar-refractivity contribution is 6.06. The van der Waals surface area contributed by atoms with Crippen molar-refractivity contribution >= 4 is 29.0 Å². The van der Waals surface area contributed by atoms with E-state index in [0.29, 0.717) is 40.3 Å². The van der Waals surface area contributed by atoms with E-state index in [-0.39, 0.29) is 5.91 Å². The molecule has 4 aromatic rings. The Bertz CT molecular complexity index is 1460. The first-order valence-corrected chi connectivity index (χ1v) is 10.5. The topological polar surface area (TPSA) is 136 Å². The fraction of sp³-hybridized carbons (Fsp3) is 0.0385. The average molecular weight is 461 g/mol. The first-order valence-electron chi connectivity index (χ1n) is 10.5. The Kier molecular flexibility index (Phi) is 6.81. The van der Waals surface area contributed by atoms with E-state index in [2.05, 4.69) is 27.1 Å². The van der Waals surface area contributed by atoms with E-state index < -0.39 is 6.03 Å². The van der Waals surface area contributed by atoms with Crippen molar-refractivity contribution in [3.05, 3.63) is 107 Å². The van der Waals surface area contributed by atoms with Gasteiger partial charge in [0, 0.05) is 23.1 Å². The number of aromatic nitrogens is 2. The van der Waals surface area contributed by atoms with Crippen LogP contribution < -0.4 is 16.0 Å². The van der Waals surface area contributed by atoms with E-state index in [9.17, 15) is 9.59 Å². The minimum absolute atomic E-state index is 0.348. The highest BCUT2D eigenvalue weighted by Gasteiger charge is 2.10. The predicted molar refractivity (Wildman–Crippen MR) is 131 cm³/mol. The zero-order valence-electron chi connectivity index (χ0n) is 18.4. The molecule has 0 radical (unpaired) electrons. The molecule has 9 nitrogen and oxygen atoms in total. The van der Waals surface area contributed by atoms with Gasteiger partial charge < -0.3 is 16.0 Å². The number of amides is 3. The zero-order chi connectivity index (χ0) is 24.6. The summed E-state index contributed by atoms with van der Waals surface area (Å²) in [7, 11) is 0. The summed E-state index contributed by atoms with van der Waals surface area (Å²) in [6.45, 7) is 0.490. The Hall–Kier alpha value is -5.41. The van der Waals surface area contributed by atoms with Crippen molar-refractivity contribution in [2.75, 3.05) is 16.0 Å². The monoisotopic (exact) mass is 461 g/mol. The summed E-state index contributed by atoms with van der Waals surface area (Å²) in [4.78, 5) is 25.0. The molecule has 1 aromatic heterocycles. The third-order valence-corrected chi connectivity index (χ3v) is 4.95. The second-order valence-corrected chi connectivity index (χ2v) is 7.54. The Balaban J connectivity index is 1.34. The minimum Gasteiger partial charge on any atom is -0.322 e. The van der Waals surface area contributed by atoms with Gasteiger partial charge in [-0.05, 0) is 54.1 Å². The SMILES string of the molecule is N#Cc1ccc(Cn2cc(NC(=O)Nc3cccc(C(=O)Nc4cccc(C#N)c4)c3)cn2)cc1. The van der Waals surface area contributed by atoms with Crippen molar-refractivity contribution in [1.29, 1.82) is 10.5 Å². The fourth-order valence-electron chi connectivity index (χ4n) is 3.29. The van der Waals surface area contributed by atoms with Crippen LogP contribution in [-0.2, 0) is 6.54 Å². The van der Waals surface area contributed by atoms with Crippen LogP contribution in [0.4, 0.5) is 21.9 Å². The van der Waals surface area contributed by atoms with Crippen LogP contribution in [0.1, 0.15) is 27.0 Å². The first-order chi connectivity index (χ1) is 17.0. The van der Waals surface area contributed by atoms with Crippen LogP contribution >= 0.6 is 0 Å². The third-order valence-electron chi connectivity index (χ3n) is 4.95. The molecule has 4 rings (SSSR count). The van der Waals surface area contributed by atoms with Gasteiger partial charge in [0.1, 0.15) is 0 Å². The van der Waals surface area contributed by atoms with Crippen LogP contribution in [0.3, 0.4) is 0 Å². The van der Waals surface area contributed by atoms with Crippen LogP contribution in [0.2, 0.25) is 0 Å². The molecular weight excluding hydrogens is 442 g/mol. The molecule has 0 saturated carbocycles. The standard InChI is InChI=1S/C26H19N7O2/c27-13-18-7-9-19(10-8-18)16-33-17-24(15-29-33)32-26(35)31-23-6-2-4-21(12-23)25(34)30-22-5-1-3-20(11-22)14-28/h1-12,15,17H,16H2,(H,30,34)(H2,31,32,35). The van der Waals surface area contributed by atoms with Gasteiger partial charge in [-0.3, -0.25) is 9.48 Å². The smallest absolute Gasteiger partial charge is 0.322 e. The van der Waals surface area contributed by atoms with Gasteiger partial charge in [0.2, 0.25) is 0 Å². The van der Waals surface area contributed by atoms with Gasteiger partial charge in [0.15, 0.2) is 0 Å². The van der Waals surface area contributed by atoms with Crippen LogP contribution in [0.5, 0.6) is 0 Å². The summed E-state index contributed by atoms with van der Waals surface area (Å²) in [5.41, 5.74) is 3.78. The van der Waals surface area contributed by atoms with Crippen molar-refractivity contribution in [3.63, 3.8) is 0 Å². The molecule has 1 heterocycles. The summed E-state index contributed by atoms with van der Waals surface area (Å²) >= 11 is 0. The highest BCUT2D eigenvalue weighted by atomic mass is 16.2. The number of carbonyl (C=O) groups is 2. The molecule has 0 aliphatic heterocycles. The van der Waals surface area contributed by atoms with Gasteiger partial charge in [-0.25, -0.2) is 4.79 Å². The van der Waals surface area contributed by atoms with Crippen LogP contribution in [0, 0.1) is 22.7 Å². The Labute approximate surface area is 201 Å². The summed E-state index contributed by atoms with van der Waals surface area (Å²) in [6, 6.07) is 23.9. The molecular formula is C26H19N7O2. The van der Waals surface area contributed by atoms with Gasteiger partial charge >= 0.3 is 6.03 Å². The number of nitrogens with zero attached hydrogens (tertiary/aromatic N) is 4. The summed E-state index contributed by atoms with van der Waals surface area (Å²) in [5.74, 6) is -0.367. The van der Waals surface area contributed by atoms with Crippen molar-refractivity contribution in [2.45, 2.75) is 6.54 Å². The maximum absolute atomic E-state index is 12.6. The lowest BCUT2D eigenvalue weighted by molar-refractivity contribution is 0.102. The number of rotatable bonds is 6. The summed E-state index contributed by atoms with van der Waals surface area (Å²) in [5, 5.41) is 30.3. The molecule has 0 saturated heterocycles. The Morgan fingerprint density at radius 1 is 0.800 bits per heavy atom. The molecule has 0 fully saturated rings. The van der Waals surface area contributed by atoms with E-state index >= 15 is 0 Å². The molecule has 3 N–H and O–H groups in total. The van der Waals surface area contributed by atoms with Gasteiger partial charge in [-0.15, -0.1) is 0 Å². The van der Waals surface area contributed by atoms with Crippen molar-refractivity contribution in [2.24, 2.45) is 0 Å². The normalized spacial score (nSPS) is 10.0. The van der Waals surface area contributed by atoms with E-state index in [1.54, 1.807) is 71.5 Å². The molecule has 35 heavy (non-hydrogen) atoms. The lowest BCUT2D eigenvalue weighted by Crippen LogP contribution is -2.19. The molecule has 0 atom stereocenters. The van der Waals surface area contributed by atoms with Crippen molar-refractivity contribution in [1.82, 2.24) is 9.78 Å². The maximum atomic E-state index is 12.6. The number of anilines is 3. The van der Waals surface area contributed by atoms with Gasteiger partial charge in [-0.2, -0.15) is 15.6 Å². The molecule has 9 heteroatoms. The zero-order valence-corrected chi connectivity index (χ0v) is 18.4. The molecule has 0 aliphatic rings. The van der Waals surface area contributed by atoms with Crippen molar-refractivity contribution in [3.8, 4) is 12.1 Å². The number of nitrogens with one attached hydrogen (secondary N) is 3. The summed E-state index contributed by atoms with van der Waals surface area (Å²) < 4.78 is 1.67. The largest absolute Gasteiger partial charge is 0.323 e.